The van der Waals surface area contributed by atoms with Gasteiger partial charge >= 0.3 is 0 Å². The summed E-state index contributed by atoms with van der Waals surface area (Å²) in [6.07, 6.45) is 5.04. The number of halogens is 1. The van der Waals surface area contributed by atoms with Crippen LogP contribution < -0.4 is 10.1 Å². The molecular weight excluding hydrogens is 224 g/mol. The third-order valence-corrected chi connectivity index (χ3v) is 3.62. The van der Waals surface area contributed by atoms with Crippen molar-refractivity contribution in [2.75, 3.05) is 0 Å². The molecule has 16 heavy (non-hydrogen) atoms. The van der Waals surface area contributed by atoms with Gasteiger partial charge in [-0.1, -0.05) is 17.7 Å². The zero-order valence-corrected chi connectivity index (χ0v) is 9.78. The van der Waals surface area contributed by atoms with Gasteiger partial charge in [0.05, 0.1) is 0 Å². The summed E-state index contributed by atoms with van der Waals surface area (Å²) in [5.41, 5.74) is 0. The number of hydrogen-bond acceptors (Lipinski definition) is 3. The van der Waals surface area contributed by atoms with Gasteiger partial charge in [-0.3, -0.25) is 0 Å². The lowest BCUT2D eigenvalue weighted by atomic mass is 10.0. The Hall–Kier alpha value is -0.800. The average molecular weight is 239 g/mol. The van der Waals surface area contributed by atoms with E-state index in [1.54, 1.807) is 6.07 Å². The molecule has 1 aromatic heterocycles. The highest BCUT2D eigenvalue weighted by Crippen LogP contribution is 2.29. The first kappa shape index (κ1) is 10.4. The molecule has 0 radical (unpaired) electrons. The summed E-state index contributed by atoms with van der Waals surface area (Å²) < 4.78 is 5.88. The maximum Gasteiger partial charge on any atom is 0.214 e. The predicted molar refractivity (Wildman–Crippen MR) is 62.8 cm³/mol. The zero-order chi connectivity index (χ0) is 11.0. The van der Waals surface area contributed by atoms with Crippen molar-refractivity contribution in [1.29, 1.82) is 0 Å². The molecule has 86 valence electrons. The molecule has 0 amide bonds. The lowest BCUT2D eigenvalue weighted by Gasteiger charge is -2.29. The summed E-state index contributed by atoms with van der Waals surface area (Å²) in [4.78, 5) is 4.16. The molecular formula is C12H15ClN2O. The SMILES string of the molecule is Clc1cccc(OC2CC3CCC(C2)N3)n1. The van der Waals surface area contributed by atoms with Crippen LogP contribution in [0.15, 0.2) is 18.2 Å². The first-order valence-electron chi connectivity index (χ1n) is 5.85. The fraction of sp³-hybridized carbons (Fsp3) is 0.583. The largest absolute Gasteiger partial charge is 0.474 e. The first-order chi connectivity index (χ1) is 7.79. The smallest absolute Gasteiger partial charge is 0.214 e. The van der Waals surface area contributed by atoms with Gasteiger partial charge in [0.1, 0.15) is 11.3 Å². The van der Waals surface area contributed by atoms with Crippen molar-refractivity contribution in [3.8, 4) is 5.88 Å². The van der Waals surface area contributed by atoms with E-state index in [2.05, 4.69) is 10.3 Å². The van der Waals surface area contributed by atoms with Crippen LogP contribution in [0.5, 0.6) is 5.88 Å². The second kappa shape index (κ2) is 4.22. The topological polar surface area (TPSA) is 34.1 Å². The maximum atomic E-state index is 5.88. The highest BCUT2D eigenvalue weighted by Gasteiger charge is 2.34. The summed E-state index contributed by atoms with van der Waals surface area (Å²) >= 11 is 5.83. The Bertz CT molecular complexity index is 373. The van der Waals surface area contributed by atoms with E-state index < -0.39 is 0 Å². The molecule has 0 saturated carbocycles. The van der Waals surface area contributed by atoms with Gasteiger partial charge in [-0.15, -0.1) is 0 Å². The fourth-order valence-electron chi connectivity index (χ4n) is 2.73. The van der Waals surface area contributed by atoms with E-state index in [9.17, 15) is 0 Å². The molecule has 2 aliphatic rings. The van der Waals surface area contributed by atoms with Crippen LogP contribution in [-0.4, -0.2) is 23.2 Å². The number of pyridine rings is 1. The third kappa shape index (κ3) is 2.15. The van der Waals surface area contributed by atoms with Crippen molar-refractivity contribution in [2.45, 2.75) is 43.9 Å². The van der Waals surface area contributed by atoms with Crippen molar-refractivity contribution in [1.82, 2.24) is 10.3 Å². The molecule has 1 aromatic rings. The van der Waals surface area contributed by atoms with Crippen LogP contribution >= 0.6 is 11.6 Å². The maximum absolute atomic E-state index is 5.88. The molecule has 2 bridgehead atoms. The summed E-state index contributed by atoms with van der Waals surface area (Å²) in [6, 6.07) is 6.79. The van der Waals surface area contributed by atoms with E-state index in [1.165, 1.54) is 12.8 Å². The summed E-state index contributed by atoms with van der Waals surface area (Å²) in [7, 11) is 0. The van der Waals surface area contributed by atoms with Crippen LogP contribution in [0.1, 0.15) is 25.7 Å². The number of hydrogen-bond donors (Lipinski definition) is 1. The monoisotopic (exact) mass is 238 g/mol. The van der Waals surface area contributed by atoms with Gasteiger partial charge < -0.3 is 10.1 Å². The lowest BCUT2D eigenvalue weighted by molar-refractivity contribution is 0.132. The molecule has 2 atom stereocenters. The molecule has 2 fully saturated rings. The number of aromatic nitrogens is 1. The van der Waals surface area contributed by atoms with Gasteiger partial charge in [0.2, 0.25) is 5.88 Å². The molecule has 3 heterocycles. The van der Waals surface area contributed by atoms with Gasteiger partial charge in [-0.05, 0) is 31.7 Å². The van der Waals surface area contributed by atoms with Crippen molar-refractivity contribution in [3.05, 3.63) is 23.4 Å². The van der Waals surface area contributed by atoms with E-state index in [0.717, 1.165) is 12.8 Å². The summed E-state index contributed by atoms with van der Waals surface area (Å²) in [6.45, 7) is 0. The number of rotatable bonds is 2. The number of piperidine rings is 1. The minimum atomic E-state index is 0.296. The second-order valence-electron chi connectivity index (χ2n) is 4.65. The van der Waals surface area contributed by atoms with Gasteiger partial charge in [-0.25, -0.2) is 4.98 Å². The predicted octanol–water partition coefficient (Wildman–Crippen LogP) is 2.40. The van der Waals surface area contributed by atoms with Crippen LogP contribution in [0.25, 0.3) is 0 Å². The molecule has 0 aromatic carbocycles. The molecule has 2 unspecified atom stereocenters. The first-order valence-corrected chi connectivity index (χ1v) is 6.22. The quantitative estimate of drug-likeness (QED) is 0.804. The van der Waals surface area contributed by atoms with Gasteiger partial charge in [0.25, 0.3) is 0 Å². The Morgan fingerprint density at radius 1 is 1.25 bits per heavy atom. The number of nitrogens with zero attached hydrogens (tertiary/aromatic N) is 1. The molecule has 1 N–H and O–H groups in total. The van der Waals surface area contributed by atoms with E-state index in [-0.39, 0.29) is 0 Å². The number of ether oxygens (including phenoxy) is 1. The normalized spacial score (nSPS) is 32.7. The molecule has 3 rings (SSSR count). The van der Waals surface area contributed by atoms with Gasteiger partial charge in [0.15, 0.2) is 0 Å². The Balaban J connectivity index is 1.67. The van der Waals surface area contributed by atoms with E-state index in [0.29, 0.717) is 29.2 Å². The lowest BCUT2D eigenvalue weighted by Crippen LogP contribution is -2.42. The van der Waals surface area contributed by atoms with Crippen LogP contribution in [-0.2, 0) is 0 Å². The fourth-order valence-corrected chi connectivity index (χ4v) is 2.88. The molecule has 2 aliphatic heterocycles. The van der Waals surface area contributed by atoms with Gasteiger partial charge in [0, 0.05) is 18.2 Å². The molecule has 2 saturated heterocycles. The highest BCUT2D eigenvalue weighted by molar-refractivity contribution is 6.29. The molecule has 0 aliphatic carbocycles. The van der Waals surface area contributed by atoms with Crippen LogP contribution in [0.4, 0.5) is 0 Å². The molecule has 0 spiro atoms. The number of nitrogens with one attached hydrogen (secondary N) is 1. The molecule has 4 heteroatoms. The minimum Gasteiger partial charge on any atom is -0.474 e. The third-order valence-electron chi connectivity index (χ3n) is 3.41. The van der Waals surface area contributed by atoms with Gasteiger partial charge in [-0.2, -0.15) is 0 Å². The Labute approximate surface area is 100 Å². The number of fused-ring (bicyclic) bond motifs is 2. The van der Waals surface area contributed by atoms with E-state index in [4.69, 9.17) is 16.3 Å². The Morgan fingerprint density at radius 3 is 2.69 bits per heavy atom. The summed E-state index contributed by atoms with van der Waals surface area (Å²) in [5, 5.41) is 4.09. The Kier molecular flexibility index (Phi) is 2.74. The average Bonchev–Trinajstić information content (AvgIpc) is 2.58. The second-order valence-corrected chi connectivity index (χ2v) is 5.03. The van der Waals surface area contributed by atoms with Crippen molar-refractivity contribution in [2.24, 2.45) is 0 Å². The van der Waals surface area contributed by atoms with Crippen molar-refractivity contribution < 1.29 is 4.74 Å². The van der Waals surface area contributed by atoms with Crippen LogP contribution in [0, 0.1) is 0 Å². The van der Waals surface area contributed by atoms with Crippen LogP contribution in [0.2, 0.25) is 5.15 Å². The highest BCUT2D eigenvalue weighted by atomic mass is 35.5. The van der Waals surface area contributed by atoms with Crippen LogP contribution in [0.3, 0.4) is 0 Å². The molecule has 3 nitrogen and oxygen atoms in total. The summed E-state index contributed by atoms with van der Waals surface area (Å²) in [5.74, 6) is 0.652. The van der Waals surface area contributed by atoms with Crippen molar-refractivity contribution in [3.63, 3.8) is 0 Å². The van der Waals surface area contributed by atoms with E-state index in [1.807, 2.05) is 12.1 Å². The standard InChI is InChI=1S/C12H15ClN2O/c13-11-2-1-3-12(15-11)16-10-6-8-4-5-9(7-10)14-8/h1-3,8-10,14H,4-7H2. The zero-order valence-electron chi connectivity index (χ0n) is 9.03. The minimum absolute atomic E-state index is 0.296. The van der Waals surface area contributed by atoms with E-state index >= 15 is 0 Å². The van der Waals surface area contributed by atoms with Crippen molar-refractivity contribution >= 4 is 11.6 Å². The Morgan fingerprint density at radius 2 is 2.00 bits per heavy atom.